The summed E-state index contributed by atoms with van der Waals surface area (Å²) in [6.45, 7) is 6.33. The summed E-state index contributed by atoms with van der Waals surface area (Å²) < 4.78 is 10.7. The topological polar surface area (TPSA) is 83.1 Å². The molecule has 0 aliphatic carbocycles. The molecule has 148 valence electrons. The number of nitrogens with one attached hydrogen (secondary N) is 2. The van der Waals surface area contributed by atoms with Gasteiger partial charge in [-0.05, 0) is 31.9 Å². The van der Waals surface area contributed by atoms with Crippen molar-refractivity contribution in [3.05, 3.63) is 24.3 Å². The van der Waals surface area contributed by atoms with Crippen LogP contribution in [-0.4, -0.2) is 73.9 Å². The lowest BCUT2D eigenvalue weighted by Crippen LogP contribution is -2.53. The molecule has 2 heterocycles. The fourth-order valence-corrected chi connectivity index (χ4v) is 3.35. The molecule has 0 atom stereocenters. The van der Waals surface area contributed by atoms with Gasteiger partial charge in [-0.1, -0.05) is 6.07 Å². The van der Waals surface area contributed by atoms with Crippen LogP contribution >= 0.6 is 0 Å². The number of likely N-dealkylation sites (tertiary alicyclic amines) is 1. The first-order valence-corrected chi connectivity index (χ1v) is 9.57. The summed E-state index contributed by atoms with van der Waals surface area (Å²) in [7, 11) is 0. The van der Waals surface area contributed by atoms with E-state index in [-0.39, 0.29) is 18.1 Å². The van der Waals surface area contributed by atoms with E-state index < -0.39 is 0 Å². The van der Waals surface area contributed by atoms with E-state index in [4.69, 9.17) is 9.47 Å². The highest BCUT2D eigenvalue weighted by atomic mass is 16.5. The van der Waals surface area contributed by atoms with Gasteiger partial charge in [0, 0.05) is 44.0 Å². The van der Waals surface area contributed by atoms with Gasteiger partial charge in [-0.3, -0.25) is 0 Å². The lowest BCUT2D eigenvalue weighted by molar-refractivity contribution is 0.0409. The van der Waals surface area contributed by atoms with Crippen LogP contribution in [-0.2, 0) is 4.74 Å². The number of hydrogen-bond acceptors (Lipinski definition) is 4. The number of amides is 4. The zero-order valence-corrected chi connectivity index (χ0v) is 15.8. The third-order valence-electron chi connectivity index (χ3n) is 4.79. The molecule has 0 bridgehead atoms. The third-order valence-corrected chi connectivity index (χ3v) is 4.79. The third kappa shape index (κ3) is 5.50. The fraction of sp³-hybridized carbons (Fsp3) is 0.579. The minimum atomic E-state index is -0.235. The van der Waals surface area contributed by atoms with Crippen LogP contribution in [0.25, 0.3) is 0 Å². The second-order valence-electron chi connectivity index (χ2n) is 6.70. The van der Waals surface area contributed by atoms with Crippen molar-refractivity contribution in [3.8, 4) is 5.75 Å². The van der Waals surface area contributed by atoms with Gasteiger partial charge < -0.3 is 29.9 Å². The average Bonchev–Trinajstić information content (AvgIpc) is 2.69. The monoisotopic (exact) mass is 376 g/mol. The number of piperidine rings is 1. The first kappa shape index (κ1) is 19.3. The first-order chi connectivity index (χ1) is 13.2. The lowest BCUT2D eigenvalue weighted by Gasteiger charge is -2.37. The molecule has 0 radical (unpaired) electrons. The Kier molecular flexibility index (Phi) is 6.75. The molecule has 0 unspecified atom stereocenters. The highest BCUT2D eigenvalue weighted by molar-refractivity contribution is 5.89. The van der Waals surface area contributed by atoms with Crippen molar-refractivity contribution in [2.75, 3.05) is 51.3 Å². The van der Waals surface area contributed by atoms with Crippen LogP contribution in [0.3, 0.4) is 0 Å². The molecule has 8 nitrogen and oxygen atoms in total. The molecular weight excluding hydrogens is 348 g/mol. The molecule has 2 aliphatic rings. The SMILES string of the molecule is CCOc1cccc(NC(=O)NC2CCN(C(=O)N3CCOCC3)CC2)c1. The highest BCUT2D eigenvalue weighted by Gasteiger charge is 2.27. The van der Waals surface area contributed by atoms with E-state index >= 15 is 0 Å². The quantitative estimate of drug-likeness (QED) is 0.843. The molecule has 1 aromatic rings. The van der Waals surface area contributed by atoms with Gasteiger partial charge in [0.2, 0.25) is 0 Å². The van der Waals surface area contributed by atoms with Gasteiger partial charge in [-0.25, -0.2) is 9.59 Å². The fourth-order valence-electron chi connectivity index (χ4n) is 3.35. The van der Waals surface area contributed by atoms with Crippen molar-refractivity contribution < 1.29 is 19.1 Å². The van der Waals surface area contributed by atoms with Crippen molar-refractivity contribution in [2.45, 2.75) is 25.8 Å². The molecule has 2 aliphatic heterocycles. The molecular formula is C19H28N4O4. The number of ether oxygens (including phenoxy) is 2. The van der Waals surface area contributed by atoms with E-state index in [0.717, 1.165) is 18.6 Å². The number of urea groups is 2. The predicted octanol–water partition coefficient (Wildman–Crippen LogP) is 2.12. The number of rotatable bonds is 4. The van der Waals surface area contributed by atoms with Crippen LogP contribution in [0.1, 0.15) is 19.8 Å². The zero-order chi connectivity index (χ0) is 19.1. The number of nitrogens with zero attached hydrogens (tertiary/aromatic N) is 2. The number of carbonyl (C=O) groups excluding carboxylic acids is 2. The Morgan fingerprint density at radius 3 is 2.56 bits per heavy atom. The summed E-state index contributed by atoms with van der Waals surface area (Å²) in [6, 6.07) is 7.23. The summed E-state index contributed by atoms with van der Waals surface area (Å²) in [5, 5.41) is 5.84. The van der Waals surface area contributed by atoms with E-state index in [2.05, 4.69) is 10.6 Å². The molecule has 2 fully saturated rings. The van der Waals surface area contributed by atoms with E-state index in [9.17, 15) is 9.59 Å². The van der Waals surface area contributed by atoms with Gasteiger partial charge in [0.15, 0.2) is 0 Å². The van der Waals surface area contributed by atoms with Gasteiger partial charge in [-0.2, -0.15) is 0 Å². The Hall–Kier alpha value is -2.48. The van der Waals surface area contributed by atoms with Gasteiger partial charge in [-0.15, -0.1) is 0 Å². The maximum atomic E-state index is 12.5. The number of hydrogen-bond donors (Lipinski definition) is 2. The van der Waals surface area contributed by atoms with E-state index in [1.54, 1.807) is 6.07 Å². The van der Waals surface area contributed by atoms with Gasteiger partial charge in [0.1, 0.15) is 5.75 Å². The second kappa shape index (κ2) is 9.45. The number of carbonyl (C=O) groups is 2. The minimum Gasteiger partial charge on any atom is -0.494 e. The van der Waals surface area contributed by atoms with Crippen LogP contribution in [0.15, 0.2) is 24.3 Å². The summed E-state index contributed by atoms with van der Waals surface area (Å²) in [5.74, 6) is 0.727. The Morgan fingerprint density at radius 1 is 1.15 bits per heavy atom. The molecule has 27 heavy (non-hydrogen) atoms. The number of anilines is 1. The van der Waals surface area contributed by atoms with Crippen LogP contribution in [0.2, 0.25) is 0 Å². The molecule has 3 rings (SSSR count). The minimum absolute atomic E-state index is 0.0637. The summed E-state index contributed by atoms with van der Waals surface area (Å²) in [5.41, 5.74) is 0.693. The molecule has 2 saturated heterocycles. The molecule has 2 N–H and O–H groups in total. The maximum absolute atomic E-state index is 12.5. The maximum Gasteiger partial charge on any atom is 0.320 e. The van der Waals surface area contributed by atoms with Crippen LogP contribution < -0.4 is 15.4 Å². The largest absolute Gasteiger partial charge is 0.494 e. The molecule has 8 heteroatoms. The van der Waals surface area contributed by atoms with E-state index in [1.165, 1.54) is 0 Å². The number of morpholine rings is 1. The Balaban J connectivity index is 1.42. The van der Waals surface area contributed by atoms with Crippen LogP contribution in [0, 0.1) is 0 Å². The van der Waals surface area contributed by atoms with Crippen molar-refractivity contribution >= 4 is 17.7 Å². The van der Waals surface area contributed by atoms with Gasteiger partial charge in [0.25, 0.3) is 0 Å². The van der Waals surface area contributed by atoms with Crippen molar-refractivity contribution in [2.24, 2.45) is 0 Å². The molecule has 0 spiro atoms. The zero-order valence-electron chi connectivity index (χ0n) is 15.8. The number of benzene rings is 1. The van der Waals surface area contributed by atoms with E-state index in [0.29, 0.717) is 51.7 Å². The van der Waals surface area contributed by atoms with Crippen molar-refractivity contribution in [1.82, 2.24) is 15.1 Å². The van der Waals surface area contributed by atoms with Crippen molar-refractivity contribution in [3.63, 3.8) is 0 Å². The van der Waals surface area contributed by atoms with Crippen LogP contribution in [0.4, 0.5) is 15.3 Å². The smallest absolute Gasteiger partial charge is 0.320 e. The average molecular weight is 376 g/mol. The normalized spacial score (nSPS) is 18.1. The predicted molar refractivity (Wildman–Crippen MR) is 102 cm³/mol. The Morgan fingerprint density at radius 2 is 1.85 bits per heavy atom. The molecule has 1 aromatic carbocycles. The Labute approximate surface area is 159 Å². The lowest BCUT2D eigenvalue weighted by atomic mass is 10.1. The highest BCUT2D eigenvalue weighted by Crippen LogP contribution is 2.18. The van der Waals surface area contributed by atoms with Crippen LogP contribution in [0.5, 0.6) is 5.75 Å². The van der Waals surface area contributed by atoms with Gasteiger partial charge >= 0.3 is 12.1 Å². The van der Waals surface area contributed by atoms with Crippen molar-refractivity contribution in [1.29, 1.82) is 0 Å². The summed E-state index contributed by atoms with van der Waals surface area (Å²) in [6.07, 6.45) is 1.50. The van der Waals surface area contributed by atoms with E-state index in [1.807, 2.05) is 34.9 Å². The Bertz CT molecular complexity index is 640. The molecule has 0 saturated carbocycles. The molecule has 0 aromatic heterocycles. The standard InChI is InChI=1S/C19H28N4O4/c1-2-27-17-5-3-4-16(14-17)21-18(24)20-15-6-8-22(9-7-15)19(25)23-10-12-26-13-11-23/h3-5,14-15H,2,6-13H2,1H3,(H2,20,21,24). The molecule has 4 amide bonds. The summed E-state index contributed by atoms with van der Waals surface area (Å²) >= 11 is 0. The second-order valence-corrected chi connectivity index (χ2v) is 6.70. The first-order valence-electron chi connectivity index (χ1n) is 9.57. The van der Waals surface area contributed by atoms with Gasteiger partial charge in [0.05, 0.1) is 19.8 Å². The summed E-state index contributed by atoms with van der Waals surface area (Å²) in [4.78, 5) is 28.5.